The summed E-state index contributed by atoms with van der Waals surface area (Å²) in [5, 5.41) is 5.27. The molecule has 0 saturated carbocycles. The second-order valence-corrected chi connectivity index (χ2v) is 7.19. The van der Waals surface area contributed by atoms with Gasteiger partial charge in [-0.2, -0.15) is 0 Å². The number of hydrogen-bond donors (Lipinski definition) is 3. The number of nitrogens with one attached hydrogen (secondary N) is 3. The van der Waals surface area contributed by atoms with Crippen LogP contribution in [0.5, 0.6) is 0 Å². The summed E-state index contributed by atoms with van der Waals surface area (Å²) in [6.45, 7) is 0.472. The fourth-order valence-corrected chi connectivity index (χ4v) is 3.00. The molecule has 6 nitrogen and oxygen atoms in total. The normalized spacial score (nSPS) is 11.1. The largest absolute Gasteiger partial charge is 0.338 e. The molecular weight excluding hydrogens is 345 g/mol. The highest BCUT2D eigenvalue weighted by molar-refractivity contribution is 7.89. The molecule has 25 heavy (non-hydrogen) atoms. The van der Waals surface area contributed by atoms with Crippen molar-refractivity contribution in [3.05, 3.63) is 65.5 Å². The SMILES string of the molecule is CNS(=O)(=O)c1cccc(CNC(=O)NCCc2ccccc2F)c1. The topological polar surface area (TPSA) is 87.3 Å². The van der Waals surface area contributed by atoms with E-state index in [4.69, 9.17) is 0 Å². The zero-order valence-corrected chi connectivity index (χ0v) is 14.6. The molecule has 134 valence electrons. The number of urea groups is 1. The standard InChI is InChI=1S/C17H20FN3O3S/c1-19-25(23,24)15-7-4-5-13(11-15)12-21-17(22)20-10-9-14-6-2-3-8-16(14)18/h2-8,11,19H,9-10,12H2,1H3,(H2,20,21,22). The minimum Gasteiger partial charge on any atom is -0.338 e. The van der Waals surface area contributed by atoms with Gasteiger partial charge in [0.15, 0.2) is 0 Å². The van der Waals surface area contributed by atoms with Crippen LogP contribution in [0.15, 0.2) is 53.4 Å². The van der Waals surface area contributed by atoms with Gasteiger partial charge in [0, 0.05) is 13.1 Å². The Balaban J connectivity index is 1.82. The van der Waals surface area contributed by atoms with Gasteiger partial charge in [-0.25, -0.2) is 22.3 Å². The minimum atomic E-state index is -3.52. The third-order valence-corrected chi connectivity index (χ3v) is 4.98. The number of sulfonamides is 1. The van der Waals surface area contributed by atoms with Crippen molar-refractivity contribution in [1.29, 1.82) is 0 Å². The van der Waals surface area contributed by atoms with Gasteiger partial charge in [-0.15, -0.1) is 0 Å². The molecule has 0 aliphatic rings. The zero-order valence-electron chi connectivity index (χ0n) is 13.8. The summed E-state index contributed by atoms with van der Waals surface area (Å²) in [6, 6.07) is 12.3. The molecule has 0 heterocycles. The lowest BCUT2D eigenvalue weighted by molar-refractivity contribution is 0.240. The van der Waals surface area contributed by atoms with E-state index in [1.54, 1.807) is 30.3 Å². The van der Waals surface area contributed by atoms with E-state index in [1.165, 1.54) is 25.2 Å². The van der Waals surface area contributed by atoms with E-state index < -0.39 is 16.1 Å². The molecule has 0 saturated heterocycles. The third kappa shape index (κ3) is 5.54. The van der Waals surface area contributed by atoms with Crippen molar-refractivity contribution < 1.29 is 17.6 Å². The first-order valence-corrected chi connectivity index (χ1v) is 9.18. The summed E-state index contributed by atoms with van der Waals surface area (Å²) in [5.41, 5.74) is 1.19. The average Bonchev–Trinajstić information content (AvgIpc) is 2.62. The van der Waals surface area contributed by atoms with Crippen molar-refractivity contribution in [3.8, 4) is 0 Å². The molecule has 0 aliphatic carbocycles. The molecule has 2 rings (SSSR count). The number of carbonyl (C=O) groups is 1. The first-order chi connectivity index (χ1) is 11.9. The van der Waals surface area contributed by atoms with Gasteiger partial charge in [-0.1, -0.05) is 30.3 Å². The molecule has 2 aromatic rings. The van der Waals surface area contributed by atoms with Crippen LogP contribution >= 0.6 is 0 Å². The van der Waals surface area contributed by atoms with Crippen LogP contribution in [0.1, 0.15) is 11.1 Å². The highest BCUT2D eigenvalue weighted by Gasteiger charge is 2.11. The fourth-order valence-electron chi connectivity index (χ4n) is 2.20. The lowest BCUT2D eigenvalue weighted by Crippen LogP contribution is -2.36. The number of carbonyl (C=O) groups excluding carboxylic acids is 1. The number of benzene rings is 2. The lowest BCUT2D eigenvalue weighted by Gasteiger charge is -2.09. The van der Waals surface area contributed by atoms with Crippen molar-refractivity contribution in [2.24, 2.45) is 0 Å². The van der Waals surface area contributed by atoms with Crippen LogP contribution in [0.25, 0.3) is 0 Å². The second kappa shape index (κ2) is 8.59. The van der Waals surface area contributed by atoms with E-state index in [0.29, 0.717) is 24.1 Å². The summed E-state index contributed by atoms with van der Waals surface area (Å²) in [4.78, 5) is 11.9. The number of amides is 2. The Morgan fingerprint density at radius 2 is 1.84 bits per heavy atom. The predicted octanol–water partition coefficient (Wildman–Crippen LogP) is 1.78. The smallest absolute Gasteiger partial charge is 0.315 e. The molecule has 0 spiro atoms. The van der Waals surface area contributed by atoms with Crippen LogP contribution in [-0.2, 0) is 23.0 Å². The average molecular weight is 365 g/mol. The number of halogens is 1. The highest BCUT2D eigenvalue weighted by atomic mass is 32.2. The molecule has 0 bridgehead atoms. The Morgan fingerprint density at radius 1 is 1.08 bits per heavy atom. The van der Waals surface area contributed by atoms with E-state index in [9.17, 15) is 17.6 Å². The van der Waals surface area contributed by atoms with Crippen LogP contribution < -0.4 is 15.4 Å². The molecule has 3 N–H and O–H groups in total. The van der Waals surface area contributed by atoms with Gasteiger partial charge in [0.1, 0.15) is 5.82 Å². The van der Waals surface area contributed by atoms with Crippen molar-refractivity contribution in [1.82, 2.24) is 15.4 Å². The Kier molecular flexibility index (Phi) is 6.49. The monoisotopic (exact) mass is 365 g/mol. The van der Waals surface area contributed by atoms with E-state index in [2.05, 4.69) is 15.4 Å². The molecule has 0 atom stereocenters. The maximum Gasteiger partial charge on any atom is 0.315 e. The molecule has 8 heteroatoms. The summed E-state index contributed by atoms with van der Waals surface area (Å²) in [6.07, 6.45) is 0.385. The molecule has 0 unspecified atom stereocenters. The van der Waals surface area contributed by atoms with Gasteiger partial charge in [0.25, 0.3) is 0 Å². The van der Waals surface area contributed by atoms with Gasteiger partial charge in [-0.3, -0.25) is 0 Å². The van der Waals surface area contributed by atoms with E-state index >= 15 is 0 Å². The molecular formula is C17H20FN3O3S. The van der Waals surface area contributed by atoms with E-state index in [-0.39, 0.29) is 17.3 Å². The Morgan fingerprint density at radius 3 is 2.56 bits per heavy atom. The summed E-state index contributed by atoms with van der Waals surface area (Å²) in [7, 11) is -2.19. The van der Waals surface area contributed by atoms with Crippen LogP contribution in [0.3, 0.4) is 0 Å². The van der Waals surface area contributed by atoms with E-state index in [0.717, 1.165) is 0 Å². The van der Waals surface area contributed by atoms with Crippen molar-refractivity contribution >= 4 is 16.1 Å². The van der Waals surface area contributed by atoms with Gasteiger partial charge in [-0.05, 0) is 42.8 Å². The van der Waals surface area contributed by atoms with Crippen LogP contribution in [0.4, 0.5) is 9.18 Å². The van der Waals surface area contributed by atoms with Gasteiger partial charge < -0.3 is 10.6 Å². The third-order valence-electron chi connectivity index (χ3n) is 3.57. The van der Waals surface area contributed by atoms with Gasteiger partial charge in [0.05, 0.1) is 4.90 Å². The predicted molar refractivity (Wildman–Crippen MR) is 93.0 cm³/mol. The van der Waals surface area contributed by atoms with Gasteiger partial charge in [0.2, 0.25) is 10.0 Å². The van der Waals surface area contributed by atoms with Crippen molar-refractivity contribution in [2.45, 2.75) is 17.9 Å². The van der Waals surface area contributed by atoms with Crippen molar-refractivity contribution in [3.63, 3.8) is 0 Å². The van der Waals surface area contributed by atoms with E-state index in [1.807, 2.05) is 0 Å². The number of rotatable bonds is 7. The van der Waals surface area contributed by atoms with Crippen LogP contribution in [-0.4, -0.2) is 28.0 Å². The maximum atomic E-state index is 13.5. The first-order valence-electron chi connectivity index (χ1n) is 7.70. The summed E-state index contributed by atoms with van der Waals surface area (Å²) >= 11 is 0. The van der Waals surface area contributed by atoms with Crippen LogP contribution in [0.2, 0.25) is 0 Å². The highest BCUT2D eigenvalue weighted by Crippen LogP contribution is 2.11. The first kappa shape index (κ1) is 18.9. The maximum absolute atomic E-state index is 13.5. The van der Waals surface area contributed by atoms with Crippen LogP contribution in [0, 0.1) is 5.82 Å². The molecule has 2 amide bonds. The minimum absolute atomic E-state index is 0.134. The summed E-state index contributed by atoms with van der Waals surface area (Å²) in [5.74, 6) is -0.299. The van der Waals surface area contributed by atoms with Crippen molar-refractivity contribution in [2.75, 3.05) is 13.6 Å². The molecule has 2 aromatic carbocycles. The molecule has 0 aliphatic heterocycles. The lowest BCUT2D eigenvalue weighted by atomic mass is 10.1. The van der Waals surface area contributed by atoms with Gasteiger partial charge >= 0.3 is 6.03 Å². The molecule has 0 radical (unpaired) electrons. The summed E-state index contributed by atoms with van der Waals surface area (Å²) < 4.78 is 39.2. The number of hydrogen-bond acceptors (Lipinski definition) is 3. The Bertz CT molecular complexity index is 841. The fraction of sp³-hybridized carbons (Fsp3) is 0.235. The molecule has 0 aromatic heterocycles. The second-order valence-electron chi connectivity index (χ2n) is 5.31. The quantitative estimate of drug-likeness (QED) is 0.699. The Labute approximate surface area is 146 Å². The Hall–Kier alpha value is -2.45. The zero-order chi connectivity index (χ0) is 18.3. The molecule has 0 fully saturated rings.